The summed E-state index contributed by atoms with van der Waals surface area (Å²) in [4.78, 5) is 4.15. The monoisotopic (exact) mass is 596 g/mol. The van der Waals surface area contributed by atoms with Crippen LogP contribution in [0.25, 0.3) is 22.3 Å². The molecule has 1 aromatic heterocycles. The van der Waals surface area contributed by atoms with Crippen molar-refractivity contribution >= 4 is 116 Å². The minimum atomic E-state index is -0.0364. The smallest absolute Gasteiger partial charge is 0.101 e. The van der Waals surface area contributed by atoms with E-state index in [-0.39, 0.29) is 78.0 Å². The van der Waals surface area contributed by atoms with Crippen molar-refractivity contribution < 1.29 is 0 Å². The van der Waals surface area contributed by atoms with Crippen LogP contribution in [0.1, 0.15) is 5.56 Å². The number of nitriles is 1. The maximum absolute atomic E-state index is 9.94. The molecule has 0 aliphatic carbocycles. The zero-order valence-electron chi connectivity index (χ0n) is 13.8. The molecule has 3 aromatic rings. The Labute approximate surface area is 221 Å². The molecule has 3 rings (SSSR count). The third kappa shape index (κ3) is 3.93. The molecule has 12 heteroatoms. The van der Waals surface area contributed by atoms with E-state index in [2.05, 4.69) is 11.1 Å². The van der Waals surface area contributed by atoms with E-state index in [0.717, 1.165) is 0 Å². The third-order valence-corrected chi connectivity index (χ3v) is 8.57. The lowest BCUT2D eigenvalue weighted by Gasteiger charge is -2.17. The summed E-state index contributed by atoms with van der Waals surface area (Å²) in [7, 11) is 0. The van der Waals surface area contributed by atoms with E-state index in [0.29, 0.717) is 0 Å². The van der Waals surface area contributed by atoms with Gasteiger partial charge in [-0.25, -0.2) is 0 Å². The summed E-state index contributed by atoms with van der Waals surface area (Å²) in [5.74, 6) is 0. The van der Waals surface area contributed by atoms with Crippen molar-refractivity contribution in [2.24, 2.45) is 0 Å². The van der Waals surface area contributed by atoms with Crippen LogP contribution in [0.4, 0.5) is 0 Å². The Bertz CT molecular complexity index is 1120. The van der Waals surface area contributed by atoms with Crippen molar-refractivity contribution in [1.82, 2.24) is 4.98 Å². The summed E-state index contributed by atoms with van der Waals surface area (Å²) in [6.07, 6.45) is 2.72. The van der Waals surface area contributed by atoms with Gasteiger partial charge in [0.1, 0.15) is 6.07 Å². The highest BCUT2D eigenvalue weighted by Gasteiger charge is 2.27. The average molecular weight is 601 g/mol. The fourth-order valence-electron chi connectivity index (χ4n) is 2.64. The molecule has 2 nitrogen and oxygen atoms in total. The van der Waals surface area contributed by atoms with Crippen LogP contribution in [-0.4, -0.2) is 4.98 Å². The predicted molar refractivity (Wildman–Crippen MR) is 130 cm³/mol. The standard InChI is InChI=1S/C18H2Cl10N2/c19-9-7(10(20)14(24)17(27)13(9)23)5-2-30-3-6(4(5)1-29)8-11(21)15(25)18(28)16(26)12(8)22/h2-3H. The van der Waals surface area contributed by atoms with Crippen LogP contribution < -0.4 is 0 Å². The zero-order valence-corrected chi connectivity index (χ0v) is 21.4. The van der Waals surface area contributed by atoms with Crippen LogP contribution in [0.2, 0.25) is 50.2 Å². The van der Waals surface area contributed by atoms with Crippen molar-refractivity contribution in [2.75, 3.05) is 0 Å². The Morgan fingerprint density at radius 1 is 0.500 bits per heavy atom. The summed E-state index contributed by atoms with van der Waals surface area (Å²) in [5, 5.41) is 9.67. The minimum absolute atomic E-state index is 0.0177. The molecular formula is C18H2Cl10N2. The van der Waals surface area contributed by atoms with E-state index >= 15 is 0 Å². The summed E-state index contributed by atoms with van der Waals surface area (Å²) in [6, 6.07) is 2.06. The molecular weight excluding hydrogens is 599 g/mol. The Morgan fingerprint density at radius 3 is 1.03 bits per heavy atom. The van der Waals surface area contributed by atoms with Gasteiger partial charge in [-0.3, -0.25) is 4.98 Å². The van der Waals surface area contributed by atoms with Crippen LogP contribution in [0.15, 0.2) is 12.4 Å². The maximum Gasteiger partial charge on any atom is 0.101 e. The predicted octanol–water partition coefficient (Wildman–Crippen LogP) is 10.8. The minimum Gasteiger partial charge on any atom is -0.263 e. The lowest BCUT2D eigenvalue weighted by Crippen LogP contribution is -1.96. The first-order valence-corrected chi connectivity index (χ1v) is 11.2. The molecule has 1 heterocycles. The molecule has 154 valence electrons. The molecule has 0 N–H and O–H groups in total. The van der Waals surface area contributed by atoms with Gasteiger partial charge in [-0.05, 0) is 0 Å². The van der Waals surface area contributed by atoms with E-state index in [9.17, 15) is 5.26 Å². The second-order valence-corrected chi connectivity index (χ2v) is 9.39. The summed E-state index contributed by atoms with van der Waals surface area (Å²) >= 11 is 62.2. The fourth-order valence-corrected chi connectivity index (χ4v) is 5.33. The molecule has 0 atom stereocenters. The summed E-state index contributed by atoms with van der Waals surface area (Å²) in [6.45, 7) is 0. The number of benzene rings is 2. The highest BCUT2D eigenvalue weighted by atomic mass is 35.5. The van der Waals surface area contributed by atoms with Crippen molar-refractivity contribution in [3.05, 3.63) is 68.2 Å². The highest BCUT2D eigenvalue weighted by Crippen LogP contribution is 2.52. The van der Waals surface area contributed by atoms with Crippen molar-refractivity contribution in [3.63, 3.8) is 0 Å². The lowest BCUT2D eigenvalue weighted by molar-refractivity contribution is 1.31. The number of halogens is 10. The Balaban J connectivity index is 2.46. The number of hydrogen-bond acceptors (Lipinski definition) is 2. The molecule has 0 spiro atoms. The van der Waals surface area contributed by atoms with Crippen LogP contribution in [0.5, 0.6) is 0 Å². The number of pyridine rings is 1. The van der Waals surface area contributed by atoms with Crippen molar-refractivity contribution in [2.45, 2.75) is 0 Å². The lowest BCUT2D eigenvalue weighted by atomic mass is 9.94. The molecule has 0 radical (unpaired) electrons. The van der Waals surface area contributed by atoms with Gasteiger partial charge in [-0.15, -0.1) is 0 Å². The number of rotatable bonds is 2. The molecule has 30 heavy (non-hydrogen) atoms. The first-order chi connectivity index (χ1) is 14.0. The maximum atomic E-state index is 9.94. The second kappa shape index (κ2) is 9.46. The summed E-state index contributed by atoms with van der Waals surface area (Å²) in [5.41, 5.74) is 0.783. The quantitative estimate of drug-likeness (QED) is 0.217. The Morgan fingerprint density at radius 2 is 0.767 bits per heavy atom. The fraction of sp³-hybridized carbons (Fsp3) is 0. The first-order valence-electron chi connectivity index (χ1n) is 7.46. The zero-order chi connectivity index (χ0) is 22.5. The molecule has 0 saturated carbocycles. The molecule has 0 fully saturated rings. The number of nitrogens with zero attached hydrogens (tertiary/aromatic N) is 2. The molecule has 0 aliphatic rings. The Hall–Kier alpha value is -0.0200. The van der Waals surface area contributed by atoms with E-state index < -0.39 is 0 Å². The molecule has 0 saturated heterocycles. The van der Waals surface area contributed by atoms with E-state index in [1.54, 1.807) is 0 Å². The average Bonchev–Trinajstić information content (AvgIpc) is 2.74. The van der Waals surface area contributed by atoms with Gasteiger partial charge in [0.25, 0.3) is 0 Å². The van der Waals surface area contributed by atoms with E-state index in [4.69, 9.17) is 116 Å². The Kier molecular flexibility index (Phi) is 7.76. The van der Waals surface area contributed by atoms with Gasteiger partial charge in [0.2, 0.25) is 0 Å². The topological polar surface area (TPSA) is 36.7 Å². The van der Waals surface area contributed by atoms with Gasteiger partial charge < -0.3 is 0 Å². The van der Waals surface area contributed by atoms with E-state index in [1.807, 2.05) is 0 Å². The second-order valence-electron chi connectivity index (χ2n) is 5.61. The summed E-state index contributed by atoms with van der Waals surface area (Å²) < 4.78 is 0. The first kappa shape index (κ1) is 24.6. The largest absolute Gasteiger partial charge is 0.263 e. The normalized spacial score (nSPS) is 11.0. The number of aromatic nitrogens is 1. The molecule has 0 unspecified atom stereocenters. The van der Waals surface area contributed by atoms with Crippen LogP contribution in [0, 0.1) is 11.3 Å². The van der Waals surface area contributed by atoms with Crippen LogP contribution in [0.3, 0.4) is 0 Å². The number of hydrogen-bond donors (Lipinski definition) is 0. The SMILES string of the molecule is N#Cc1c(-c2c(Cl)c(Cl)c(Cl)c(Cl)c2Cl)cncc1-c1c(Cl)c(Cl)c(Cl)c(Cl)c1Cl. The van der Waals surface area contributed by atoms with Crippen LogP contribution >= 0.6 is 116 Å². The van der Waals surface area contributed by atoms with Gasteiger partial charge in [-0.2, -0.15) is 5.26 Å². The molecule has 0 amide bonds. The third-order valence-electron chi connectivity index (χ3n) is 4.02. The van der Waals surface area contributed by atoms with E-state index in [1.165, 1.54) is 12.4 Å². The highest BCUT2D eigenvalue weighted by molar-refractivity contribution is 6.57. The van der Waals surface area contributed by atoms with Gasteiger partial charge in [0.15, 0.2) is 0 Å². The van der Waals surface area contributed by atoms with Gasteiger partial charge in [-0.1, -0.05) is 116 Å². The van der Waals surface area contributed by atoms with Gasteiger partial charge >= 0.3 is 0 Å². The van der Waals surface area contributed by atoms with Crippen molar-refractivity contribution in [3.8, 4) is 28.3 Å². The van der Waals surface area contributed by atoms with Crippen LogP contribution in [-0.2, 0) is 0 Å². The molecule has 0 aliphatic heterocycles. The van der Waals surface area contributed by atoms with Gasteiger partial charge in [0, 0.05) is 34.6 Å². The molecule has 2 aromatic carbocycles. The van der Waals surface area contributed by atoms with Crippen molar-refractivity contribution in [1.29, 1.82) is 5.26 Å². The molecule has 0 bridgehead atoms. The van der Waals surface area contributed by atoms with Gasteiger partial charge in [0.05, 0.1) is 55.8 Å².